The van der Waals surface area contributed by atoms with E-state index in [0.717, 1.165) is 5.56 Å². The summed E-state index contributed by atoms with van der Waals surface area (Å²) >= 11 is 0. The number of rotatable bonds is 5. The van der Waals surface area contributed by atoms with Crippen molar-refractivity contribution in [3.05, 3.63) is 54.2 Å². The van der Waals surface area contributed by atoms with Crippen LogP contribution in [0, 0.1) is 0 Å². The molecule has 1 aliphatic heterocycles. The molecule has 1 aromatic carbocycles. The van der Waals surface area contributed by atoms with Crippen molar-refractivity contribution in [1.82, 2.24) is 15.6 Å². The molecule has 0 aliphatic carbocycles. The van der Waals surface area contributed by atoms with E-state index < -0.39 is 18.0 Å². The van der Waals surface area contributed by atoms with Gasteiger partial charge < -0.3 is 10.1 Å². The number of carbonyl (C=O) groups excluding carboxylic acids is 3. The number of piperidine rings is 1. The van der Waals surface area contributed by atoms with E-state index in [1.54, 1.807) is 12.1 Å². The predicted molar refractivity (Wildman–Crippen MR) is 93.3 cm³/mol. The molecule has 0 radical (unpaired) electrons. The van der Waals surface area contributed by atoms with Crippen molar-refractivity contribution in [3.63, 3.8) is 0 Å². The molecular weight excluding hydrogens is 336 g/mol. The molecule has 1 fully saturated rings. The Morgan fingerprint density at radius 2 is 2.00 bits per heavy atom. The maximum atomic E-state index is 11.9. The van der Waals surface area contributed by atoms with Crippen LogP contribution in [0.15, 0.2) is 48.7 Å². The van der Waals surface area contributed by atoms with E-state index in [0.29, 0.717) is 18.2 Å². The minimum absolute atomic E-state index is 0.197. The number of nitrogens with one attached hydrogen (secondary N) is 3. The van der Waals surface area contributed by atoms with E-state index in [1.807, 2.05) is 30.3 Å². The lowest BCUT2D eigenvalue weighted by atomic mass is 10.1. The van der Waals surface area contributed by atoms with Crippen molar-refractivity contribution >= 4 is 23.7 Å². The van der Waals surface area contributed by atoms with Gasteiger partial charge in [0.05, 0.1) is 6.20 Å². The first kappa shape index (κ1) is 17.4. The summed E-state index contributed by atoms with van der Waals surface area (Å²) in [6.07, 6.45) is 1.98. The largest absolute Gasteiger partial charge is 0.487 e. The van der Waals surface area contributed by atoms with E-state index in [2.05, 4.69) is 20.9 Å². The fraction of sp³-hybridized carbons (Fsp3) is 0.222. The normalized spacial score (nSPS) is 16.5. The Labute approximate surface area is 150 Å². The van der Waals surface area contributed by atoms with Crippen LogP contribution in [0.3, 0.4) is 0 Å². The van der Waals surface area contributed by atoms with Gasteiger partial charge in [-0.1, -0.05) is 30.3 Å². The zero-order valence-electron chi connectivity index (χ0n) is 13.9. The van der Waals surface area contributed by atoms with Crippen LogP contribution >= 0.6 is 0 Å². The molecule has 3 N–H and O–H groups in total. The summed E-state index contributed by atoms with van der Waals surface area (Å²) in [5.41, 5.74) is 1.04. The molecule has 134 valence electrons. The third-order valence-corrected chi connectivity index (χ3v) is 3.77. The van der Waals surface area contributed by atoms with E-state index >= 15 is 0 Å². The minimum Gasteiger partial charge on any atom is -0.487 e. The van der Waals surface area contributed by atoms with Crippen molar-refractivity contribution < 1.29 is 19.1 Å². The van der Waals surface area contributed by atoms with Gasteiger partial charge in [-0.2, -0.15) is 0 Å². The molecule has 2 heterocycles. The first-order valence-electron chi connectivity index (χ1n) is 8.14. The van der Waals surface area contributed by atoms with Gasteiger partial charge in [0.1, 0.15) is 24.2 Å². The van der Waals surface area contributed by atoms with Gasteiger partial charge in [-0.05, 0) is 24.1 Å². The third-order valence-electron chi connectivity index (χ3n) is 3.77. The number of carbonyl (C=O) groups is 3. The second-order valence-corrected chi connectivity index (χ2v) is 5.76. The van der Waals surface area contributed by atoms with Crippen molar-refractivity contribution in [3.8, 4) is 5.75 Å². The number of imide groups is 1. The topological polar surface area (TPSA) is 109 Å². The maximum absolute atomic E-state index is 11.9. The molecule has 26 heavy (non-hydrogen) atoms. The molecule has 8 nitrogen and oxygen atoms in total. The van der Waals surface area contributed by atoms with Crippen molar-refractivity contribution in [2.24, 2.45) is 0 Å². The molecule has 1 aliphatic rings. The molecule has 1 saturated heterocycles. The van der Waals surface area contributed by atoms with Gasteiger partial charge in [0, 0.05) is 6.42 Å². The van der Waals surface area contributed by atoms with Gasteiger partial charge in [0.15, 0.2) is 0 Å². The van der Waals surface area contributed by atoms with Gasteiger partial charge in [-0.3, -0.25) is 20.2 Å². The van der Waals surface area contributed by atoms with Gasteiger partial charge in [0.25, 0.3) is 0 Å². The molecule has 1 unspecified atom stereocenters. The van der Waals surface area contributed by atoms with Gasteiger partial charge in [-0.25, -0.2) is 9.78 Å². The number of nitrogens with zero attached hydrogens (tertiary/aromatic N) is 1. The number of hydrogen-bond donors (Lipinski definition) is 3. The molecule has 0 bridgehead atoms. The number of ether oxygens (including phenoxy) is 1. The molecule has 3 rings (SSSR count). The molecule has 2 aromatic rings. The summed E-state index contributed by atoms with van der Waals surface area (Å²) in [5.74, 6) is 0.0575. The lowest BCUT2D eigenvalue weighted by Gasteiger charge is -2.21. The molecule has 1 atom stereocenters. The van der Waals surface area contributed by atoms with E-state index in [9.17, 15) is 14.4 Å². The Morgan fingerprint density at radius 1 is 1.19 bits per heavy atom. The van der Waals surface area contributed by atoms with Gasteiger partial charge in [0.2, 0.25) is 11.8 Å². The van der Waals surface area contributed by atoms with Gasteiger partial charge in [-0.15, -0.1) is 0 Å². The molecule has 8 heteroatoms. The molecular formula is C18H18N4O4. The van der Waals surface area contributed by atoms with Crippen LogP contribution in [-0.2, 0) is 16.2 Å². The Balaban J connectivity index is 1.48. The first-order valence-corrected chi connectivity index (χ1v) is 8.14. The molecule has 4 amide bonds. The van der Waals surface area contributed by atoms with Crippen molar-refractivity contribution in [2.45, 2.75) is 25.5 Å². The second kappa shape index (κ2) is 8.11. The monoisotopic (exact) mass is 354 g/mol. The smallest absolute Gasteiger partial charge is 0.321 e. The summed E-state index contributed by atoms with van der Waals surface area (Å²) in [6, 6.07) is 11.7. The van der Waals surface area contributed by atoms with E-state index in [4.69, 9.17) is 4.74 Å². The number of urea groups is 1. The van der Waals surface area contributed by atoms with Crippen molar-refractivity contribution in [1.29, 1.82) is 0 Å². The summed E-state index contributed by atoms with van der Waals surface area (Å²) in [6.45, 7) is 0.422. The minimum atomic E-state index is -0.735. The van der Waals surface area contributed by atoms with E-state index in [-0.39, 0.29) is 18.7 Å². The fourth-order valence-electron chi connectivity index (χ4n) is 2.42. The standard InChI is InChI=1S/C18H18N4O4/c23-16-9-7-14(17(24)22-16)20-18(25)21-15-8-6-13(10-19-15)26-11-12-4-2-1-3-5-12/h1-6,8,10,14H,7,9,11H2,(H,22,23,24)(H2,19,20,21,25). The van der Waals surface area contributed by atoms with Crippen LogP contribution in [0.25, 0.3) is 0 Å². The van der Waals surface area contributed by atoms with Crippen molar-refractivity contribution in [2.75, 3.05) is 5.32 Å². The number of pyridine rings is 1. The van der Waals surface area contributed by atoms with Crippen LogP contribution in [-0.4, -0.2) is 28.9 Å². The highest BCUT2D eigenvalue weighted by Gasteiger charge is 2.27. The average Bonchev–Trinajstić information content (AvgIpc) is 2.64. The Hall–Kier alpha value is -3.42. The number of amides is 4. The highest BCUT2D eigenvalue weighted by atomic mass is 16.5. The average molecular weight is 354 g/mol. The predicted octanol–water partition coefficient (Wildman–Crippen LogP) is 1.59. The quantitative estimate of drug-likeness (QED) is 0.707. The Kier molecular flexibility index (Phi) is 5.43. The Morgan fingerprint density at radius 3 is 2.69 bits per heavy atom. The Bertz CT molecular complexity index is 793. The highest BCUT2D eigenvalue weighted by molar-refractivity contribution is 6.02. The summed E-state index contributed by atoms with van der Waals surface area (Å²) in [7, 11) is 0. The maximum Gasteiger partial charge on any atom is 0.321 e. The number of benzene rings is 1. The SMILES string of the molecule is O=C1CCC(NC(=O)Nc2ccc(OCc3ccccc3)cn2)C(=O)N1. The zero-order valence-corrected chi connectivity index (χ0v) is 13.9. The third kappa shape index (κ3) is 4.79. The molecule has 0 saturated carbocycles. The number of anilines is 1. The van der Waals surface area contributed by atoms with Crippen LogP contribution in [0.5, 0.6) is 5.75 Å². The zero-order chi connectivity index (χ0) is 18.4. The van der Waals surface area contributed by atoms with Crippen LogP contribution < -0.4 is 20.7 Å². The highest BCUT2D eigenvalue weighted by Crippen LogP contribution is 2.14. The lowest BCUT2D eigenvalue weighted by Crippen LogP contribution is -2.53. The van der Waals surface area contributed by atoms with Crippen LogP contribution in [0.4, 0.5) is 10.6 Å². The van der Waals surface area contributed by atoms with Crippen LogP contribution in [0.1, 0.15) is 18.4 Å². The number of aromatic nitrogens is 1. The summed E-state index contributed by atoms with van der Waals surface area (Å²) in [5, 5.41) is 7.23. The first-order chi connectivity index (χ1) is 12.6. The fourth-order valence-corrected chi connectivity index (χ4v) is 2.42. The van der Waals surface area contributed by atoms with E-state index in [1.165, 1.54) is 6.20 Å². The number of hydrogen-bond acceptors (Lipinski definition) is 5. The summed E-state index contributed by atoms with van der Waals surface area (Å²) in [4.78, 5) is 38.8. The second-order valence-electron chi connectivity index (χ2n) is 5.76. The molecule has 1 aromatic heterocycles. The molecule has 0 spiro atoms. The van der Waals surface area contributed by atoms with Crippen LogP contribution in [0.2, 0.25) is 0 Å². The summed E-state index contributed by atoms with van der Waals surface area (Å²) < 4.78 is 5.62. The lowest BCUT2D eigenvalue weighted by molar-refractivity contribution is -0.134. The van der Waals surface area contributed by atoms with Gasteiger partial charge >= 0.3 is 6.03 Å².